The Morgan fingerprint density at radius 3 is 2.82 bits per heavy atom. The summed E-state index contributed by atoms with van der Waals surface area (Å²) in [6.07, 6.45) is 1.38. The molecule has 0 saturated carbocycles. The predicted molar refractivity (Wildman–Crippen MR) is 62.8 cm³/mol. The molecule has 0 aliphatic rings. The SMILES string of the molecule is CC(C)OCCOc1cc(C(=O)O)c(Cl)cn1. The molecule has 1 aromatic rings. The molecule has 0 spiro atoms. The molecule has 0 radical (unpaired) electrons. The number of pyridine rings is 1. The zero-order chi connectivity index (χ0) is 12.8. The Hall–Kier alpha value is -1.33. The summed E-state index contributed by atoms with van der Waals surface area (Å²) >= 11 is 5.67. The third-order valence-electron chi connectivity index (χ3n) is 1.85. The van der Waals surface area contributed by atoms with Crippen LogP contribution in [0, 0.1) is 0 Å². The molecule has 0 bridgehead atoms. The van der Waals surface area contributed by atoms with Crippen LogP contribution in [0.3, 0.4) is 0 Å². The number of carboxylic acids is 1. The summed E-state index contributed by atoms with van der Waals surface area (Å²) in [7, 11) is 0. The molecule has 0 amide bonds. The van der Waals surface area contributed by atoms with Crippen LogP contribution in [0.1, 0.15) is 24.2 Å². The van der Waals surface area contributed by atoms with Crippen LogP contribution in [-0.2, 0) is 4.74 Å². The predicted octanol–water partition coefficient (Wildman–Crippen LogP) is 2.24. The lowest BCUT2D eigenvalue weighted by Gasteiger charge is -2.09. The van der Waals surface area contributed by atoms with Gasteiger partial charge in [-0.3, -0.25) is 0 Å². The average molecular weight is 260 g/mol. The first-order valence-corrected chi connectivity index (χ1v) is 5.51. The van der Waals surface area contributed by atoms with Crippen LogP contribution >= 0.6 is 11.6 Å². The van der Waals surface area contributed by atoms with Crippen molar-refractivity contribution in [3.05, 3.63) is 22.8 Å². The molecule has 0 aliphatic carbocycles. The molecule has 1 aromatic heterocycles. The maximum Gasteiger partial charge on any atom is 0.337 e. The second-order valence-corrected chi connectivity index (χ2v) is 3.98. The second-order valence-electron chi connectivity index (χ2n) is 3.58. The van der Waals surface area contributed by atoms with E-state index < -0.39 is 5.97 Å². The summed E-state index contributed by atoms with van der Waals surface area (Å²) in [6.45, 7) is 4.57. The van der Waals surface area contributed by atoms with E-state index in [-0.39, 0.29) is 22.6 Å². The van der Waals surface area contributed by atoms with Gasteiger partial charge in [0.2, 0.25) is 5.88 Å². The van der Waals surface area contributed by atoms with Crippen LogP contribution < -0.4 is 4.74 Å². The van der Waals surface area contributed by atoms with Crippen LogP contribution in [-0.4, -0.2) is 35.4 Å². The monoisotopic (exact) mass is 259 g/mol. The smallest absolute Gasteiger partial charge is 0.337 e. The van der Waals surface area contributed by atoms with Crippen LogP contribution in [0.5, 0.6) is 5.88 Å². The topological polar surface area (TPSA) is 68.7 Å². The molecule has 0 aliphatic heterocycles. The van der Waals surface area contributed by atoms with E-state index in [2.05, 4.69) is 4.98 Å². The number of carboxylic acid groups (broad SMARTS) is 1. The summed E-state index contributed by atoms with van der Waals surface area (Å²) < 4.78 is 10.5. The largest absolute Gasteiger partial charge is 0.478 e. The maximum atomic E-state index is 10.8. The fourth-order valence-corrected chi connectivity index (χ4v) is 1.28. The molecule has 0 aromatic carbocycles. The van der Waals surface area contributed by atoms with Gasteiger partial charge in [0.1, 0.15) is 6.61 Å². The summed E-state index contributed by atoms with van der Waals surface area (Å²) in [5.41, 5.74) is -0.0264. The highest BCUT2D eigenvalue weighted by molar-refractivity contribution is 6.33. The number of carbonyl (C=O) groups is 1. The highest BCUT2D eigenvalue weighted by Gasteiger charge is 2.10. The van der Waals surface area contributed by atoms with Gasteiger partial charge in [-0.05, 0) is 13.8 Å². The van der Waals surface area contributed by atoms with Gasteiger partial charge < -0.3 is 14.6 Å². The zero-order valence-corrected chi connectivity index (χ0v) is 10.4. The van der Waals surface area contributed by atoms with Crippen molar-refractivity contribution in [2.24, 2.45) is 0 Å². The van der Waals surface area contributed by atoms with Gasteiger partial charge in [0, 0.05) is 6.07 Å². The van der Waals surface area contributed by atoms with Gasteiger partial charge in [-0.25, -0.2) is 9.78 Å². The minimum Gasteiger partial charge on any atom is -0.478 e. The van der Waals surface area contributed by atoms with Crippen molar-refractivity contribution in [2.75, 3.05) is 13.2 Å². The molecule has 0 saturated heterocycles. The van der Waals surface area contributed by atoms with Gasteiger partial charge in [-0.1, -0.05) is 11.6 Å². The van der Waals surface area contributed by atoms with Crippen molar-refractivity contribution in [3.8, 4) is 5.88 Å². The lowest BCUT2D eigenvalue weighted by Crippen LogP contribution is -2.12. The third-order valence-corrected chi connectivity index (χ3v) is 2.15. The molecule has 5 nitrogen and oxygen atoms in total. The van der Waals surface area contributed by atoms with E-state index in [1.54, 1.807) is 0 Å². The molecule has 1 heterocycles. The van der Waals surface area contributed by atoms with Crippen molar-refractivity contribution in [3.63, 3.8) is 0 Å². The molecule has 6 heteroatoms. The molecule has 1 N–H and O–H groups in total. The normalized spacial score (nSPS) is 10.6. The van der Waals surface area contributed by atoms with Crippen molar-refractivity contribution in [1.29, 1.82) is 0 Å². The van der Waals surface area contributed by atoms with E-state index in [1.165, 1.54) is 12.3 Å². The van der Waals surface area contributed by atoms with Gasteiger partial charge in [0.05, 0.1) is 29.5 Å². The lowest BCUT2D eigenvalue weighted by atomic mass is 10.3. The van der Waals surface area contributed by atoms with E-state index in [0.29, 0.717) is 13.2 Å². The number of aromatic carboxylic acids is 1. The molecule has 0 fully saturated rings. The van der Waals surface area contributed by atoms with Crippen molar-refractivity contribution >= 4 is 17.6 Å². The van der Waals surface area contributed by atoms with E-state index >= 15 is 0 Å². The Bertz CT molecular complexity index is 395. The van der Waals surface area contributed by atoms with Crippen LogP contribution in [0.2, 0.25) is 5.02 Å². The summed E-state index contributed by atoms with van der Waals surface area (Å²) in [5.74, 6) is -0.889. The molecule has 94 valence electrons. The number of aromatic nitrogens is 1. The first-order valence-electron chi connectivity index (χ1n) is 5.14. The zero-order valence-electron chi connectivity index (χ0n) is 9.64. The number of nitrogens with zero attached hydrogens (tertiary/aromatic N) is 1. The third kappa shape index (κ3) is 4.58. The summed E-state index contributed by atoms with van der Waals surface area (Å²) in [5, 5.41) is 8.93. The minimum atomic E-state index is -1.11. The Balaban J connectivity index is 2.54. The Labute approximate surface area is 104 Å². The number of hydrogen-bond acceptors (Lipinski definition) is 4. The van der Waals surface area contributed by atoms with E-state index in [1.807, 2.05) is 13.8 Å². The van der Waals surface area contributed by atoms with Gasteiger partial charge in [0.15, 0.2) is 0 Å². The molecule has 17 heavy (non-hydrogen) atoms. The number of ether oxygens (including phenoxy) is 2. The van der Waals surface area contributed by atoms with Crippen LogP contribution in [0.4, 0.5) is 0 Å². The average Bonchev–Trinajstić information content (AvgIpc) is 2.25. The Morgan fingerprint density at radius 1 is 1.53 bits per heavy atom. The van der Waals surface area contributed by atoms with E-state index in [4.69, 9.17) is 26.2 Å². The first kappa shape index (κ1) is 13.7. The second kappa shape index (κ2) is 6.42. The van der Waals surface area contributed by atoms with Gasteiger partial charge in [0.25, 0.3) is 0 Å². The fourth-order valence-electron chi connectivity index (χ4n) is 1.09. The Kier molecular flexibility index (Phi) is 5.18. The molecular weight excluding hydrogens is 246 g/mol. The fraction of sp³-hybridized carbons (Fsp3) is 0.455. The minimum absolute atomic E-state index is 0.0264. The standard InChI is InChI=1S/C11H14ClNO4/c1-7(2)16-3-4-17-10-5-8(11(14)15)9(12)6-13-10/h5-7H,3-4H2,1-2H3,(H,14,15). The maximum absolute atomic E-state index is 10.8. The number of hydrogen-bond donors (Lipinski definition) is 1. The number of halogens is 1. The van der Waals surface area contributed by atoms with E-state index in [0.717, 1.165) is 0 Å². The van der Waals surface area contributed by atoms with Gasteiger partial charge >= 0.3 is 5.97 Å². The highest BCUT2D eigenvalue weighted by atomic mass is 35.5. The van der Waals surface area contributed by atoms with E-state index in [9.17, 15) is 4.79 Å². The number of rotatable bonds is 6. The first-order chi connectivity index (χ1) is 8.00. The van der Waals surface area contributed by atoms with Gasteiger partial charge in [-0.15, -0.1) is 0 Å². The summed E-state index contributed by atoms with van der Waals surface area (Å²) in [6, 6.07) is 1.29. The van der Waals surface area contributed by atoms with Crippen molar-refractivity contribution < 1.29 is 19.4 Å². The van der Waals surface area contributed by atoms with Crippen LogP contribution in [0.15, 0.2) is 12.3 Å². The molecular formula is C11H14ClNO4. The molecule has 0 atom stereocenters. The van der Waals surface area contributed by atoms with Crippen LogP contribution in [0.25, 0.3) is 0 Å². The summed E-state index contributed by atoms with van der Waals surface area (Å²) in [4.78, 5) is 14.7. The van der Waals surface area contributed by atoms with Crippen molar-refractivity contribution in [2.45, 2.75) is 20.0 Å². The molecule has 0 unspecified atom stereocenters. The van der Waals surface area contributed by atoms with Gasteiger partial charge in [-0.2, -0.15) is 0 Å². The lowest BCUT2D eigenvalue weighted by molar-refractivity contribution is 0.0542. The highest BCUT2D eigenvalue weighted by Crippen LogP contribution is 2.19. The quantitative estimate of drug-likeness (QED) is 0.794. The van der Waals surface area contributed by atoms with Crippen molar-refractivity contribution in [1.82, 2.24) is 4.98 Å². The molecule has 1 rings (SSSR count). The Morgan fingerprint density at radius 2 is 2.24 bits per heavy atom.